The van der Waals surface area contributed by atoms with Crippen molar-refractivity contribution >= 4 is 17.4 Å². The second kappa shape index (κ2) is 5.51. The van der Waals surface area contributed by atoms with Crippen molar-refractivity contribution in [2.75, 3.05) is 18.0 Å². The summed E-state index contributed by atoms with van der Waals surface area (Å²) in [6.45, 7) is 2.67. The number of rotatable bonds is 2. The average molecular weight is 240 g/mol. The van der Waals surface area contributed by atoms with Crippen LogP contribution in [0.25, 0.3) is 0 Å². The van der Waals surface area contributed by atoms with Gasteiger partial charge in [-0.25, -0.2) is 4.98 Å². The molecule has 2 N–H and O–H groups in total. The first-order chi connectivity index (χ1) is 7.81. The van der Waals surface area contributed by atoms with Gasteiger partial charge in [-0.15, -0.1) is 0 Å². The summed E-state index contributed by atoms with van der Waals surface area (Å²) < 4.78 is 0. The van der Waals surface area contributed by atoms with Crippen LogP contribution >= 0.6 is 11.6 Å². The van der Waals surface area contributed by atoms with Gasteiger partial charge < -0.3 is 10.6 Å². The normalized spacial score (nSPS) is 17.2. The number of hydrogen-bond donors (Lipinski definition) is 1. The number of nitrogens with zero attached hydrogens (tertiary/aromatic N) is 2. The molecule has 88 valence electrons. The van der Waals surface area contributed by atoms with Gasteiger partial charge in [0.1, 0.15) is 5.82 Å². The SMILES string of the molecule is NCc1cc(N2CCCCCC2)ncc1Cl. The van der Waals surface area contributed by atoms with Crippen LogP contribution in [-0.4, -0.2) is 18.1 Å². The monoisotopic (exact) mass is 239 g/mol. The summed E-state index contributed by atoms with van der Waals surface area (Å²) in [6.07, 6.45) is 6.87. The van der Waals surface area contributed by atoms with Crippen molar-refractivity contribution < 1.29 is 0 Å². The maximum absolute atomic E-state index is 6.01. The molecular weight excluding hydrogens is 222 g/mol. The third-order valence-corrected chi connectivity index (χ3v) is 3.41. The molecule has 1 aromatic rings. The quantitative estimate of drug-likeness (QED) is 0.863. The first-order valence-corrected chi connectivity index (χ1v) is 6.28. The number of aromatic nitrogens is 1. The van der Waals surface area contributed by atoms with E-state index in [9.17, 15) is 0 Å². The number of nitrogens with two attached hydrogens (primary N) is 1. The molecule has 1 aromatic heterocycles. The molecule has 0 atom stereocenters. The van der Waals surface area contributed by atoms with Gasteiger partial charge in [-0.2, -0.15) is 0 Å². The van der Waals surface area contributed by atoms with Crippen molar-refractivity contribution in [2.45, 2.75) is 32.2 Å². The minimum absolute atomic E-state index is 0.474. The zero-order valence-corrected chi connectivity index (χ0v) is 10.2. The molecule has 1 aliphatic rings. The van der Waals surface area contributed by atoms with Gasteiger partial charge in [0.2, 0.25) is 0 Å². The molecule has 2 heterocycles. The van der Waals surface area contributed by atoms with Gasteiger partial charge in [0, 0.05) is 25.8 Å². The molecule has 2 rings (SSSR count). The molecule has 0 bridgehead atoms. The first-order valence-electron chi connectivity index (χ1n) is 5.90. The highest BCUT2D eigenvalue weighted by atomic mass is 35.5. The number of pyridine rings is 1. The summed E-state index contributed by atoms with van der Waals surface area (Å²) >= 11 is 6.01. The van der Waals surface area contributed by atoms with Crippen LogP contribution in [0.1, 0.15) is 31.2 Å². The summed E-state index contributed by atoms with van der Waals surface area (Å²) in [5, 5.41) is 0.668. The second-order valence-electron chi connectivity index (χ2n) is 4.24. The Morgan fingerprint density at radius 3 is 2.56 bits per heavy atom. The lowest BCUT2D eigenvalue weighted by molar-refractivity contribution is 0.726. The second-order valence-corrected chi connectivity index (χ2v) is 4.65. The van der Waals surface area contributed by atoms with Crippen LogP contribution in [0.15, 0.2) is 12.3 Å². The van der Waals surface area contributed by atoms with E-state index in [1.54, 1.807) is 6.20 Å². The minimum atomic E-state index is 0.474. The molecule has 0 aromatic carbocycles. The zero-order chi connectivity index (χ0) is 11.4. The highest BCUT2D eigenvalue weighted by Gasteiger charge is 2.12. The summed E-state index contributed by atoms with van der Waals surface area (Å²) in [5.74, 6) is 1.02. The summed E-state index contributed by atoms with van der Waals surface area (Å²) in [5.41, 5.74) is 6.63. The van der Waals surface area contributed by atoms with Gasteiger partial charge in [0.25, 0.3) is 0 Å². The third-order valence-electron chi connectivity index (χ3n) is 3.07. The van der Waals surface area contributed by atoms with E-state index in [2.05, 4.69) is 9.88 Å². The Hall–Kier alpha value is -0.800. The fourth-order valence-corrected chi connectivity index (χ4v) is 2.28. The Kier molecular flexibility index (Phi) is 4.02. The molecule has 1 aliphatic heterocycles. The molecule has 0 aliphatic carbocycles. The van der Waals surface area contributed by atoms with Gasteiger partial charge in [0.05, 0.1) is 5.02 Å². The lowest BCUT2D eigenvalue weighted by atomic mass is 10.2. The van der Waals surface area contributed by atoms with Crippen molar-refractivity contribution in [3.8, 4) is 0 Å². The minimum Gasteiger partial charge on any atom is -0.357 e. The van der Waals surface area contributed by atoms with Crippen LogP contribution in [0.4, 0.5) is 5.82 Å². The molecular formula is C12H18ClN3. The molecule has 0 unspecified atom stereocenters. The molecule has 0 saturated carbocycles. The number of halogens is 1. The molecule has 0 radical (unpaired) electrons. The summed E-state index contributed by atoms with van der Waals surface area (Å²) in [4.78, 5) is 6.73. The molecule has 1 fully saturated rings. The number of hydrogen-bond acceptors (Lipinski definition) is 3. The lowest BCUT2D eigenvalue weighted by Gasteiger charge is -2.22. The van der Waals surface area contributed by atoms with E-state index < -0.39 is 0 Å². The topological polar surface area (TPSA) is 42.1 Å². The van der Waals surface area contributed by atoms with E-state index in [-0.39, 0.29) is 0 Å². The van der Waals surface area contributed by atoms with Crippen molar-refractivity contribution in [3.63, 3.8) is 0 Å². The van der Waals surface area contributed by atoms with Crippen molar-refractivity contribution in [1.82, 2.24) is 4.98 Å². The van der Waals surface area contributed by atoms with Gasteiger partial charge >= 0.3 is 0 Å². The molecule has 0 spiro atoms. The van der Waals surface area contributed by atoms with Crippen LogP contribution in [0, 0.1) is 0 Å². The van der Waals surface area contributed by atoms with E-state index in [4.69, 9.17) is 17.3 Å². The summed E-state index contributed by atoms with van der Waals surface area (Å²) in [7, 11) is 0. The molecule has 1 saturated heterocycles. The maximum atomic E-state index is 6.01. The van der Waals surface area contributed by atoms with E-state index in [0.29, 0.717) is 11.6 Å². The standard InChI is InChI=1S/C12H18ClN3/c13-11-9-15-12(7-10(11)8-14)16-5-3-1-2-4-6-16/h7,9H,1-6,8,14H2. The van der Waals surface area contributed by atoms with E-state index in [0.717, 1.165) is 24.5 Å². The Balaban J connectivity index is 2.18. The largest absolute Gasteiger partial charge is 0.357 e. The Labute approximate surface area is 102 Å². The molecule has 16 heavy (non-hydrogen) atoms. The van der Waals surface area contributed by atoms with Gasteiger partial charge in [0.15, 0.2) is 0 Å². The van der Waals surface area contributed by atoms with Crippen molar-refractivity contribution in [1.29, 1.82) is 0 Å². The van der Waals surface area contributed by atoms with E-state index in [1.165, 1.54) is 25.7 Å². The number of anilines is 1. The zero-order valence-electron chi connectivity index (χ0n) is 9.45. The average Bonchev–Trinajstić information content (AvgIpc) is 2.58. The van der Waals surface area contributed by atoms with Gasteiger partial charge in [-0.3, -0.25) is 0 Å². The summed E-state index contributed by atoms with van der Waals surface area (Å²) in [6, 6.07) is 2.02. The van der Waals surface area contributed by atoms with E-state index in [1.807, 2.05) is 6.07 Å². The van der Waals surface area contributed by atoms with Gasteiger partial charge in [-0.05, 0) is 24.5 Å². The van der Waals surface area contributed by atoms with Gasteiger partial charge in [-0.1, -0.05) is 24.4 Å². The molecule has 0 amide bonds. The van der Waals surface area contributed by atoms with Crippen molar-refractivity contribution in [3.05, 3.63) is 22.8 Å². The van der Waals surface area contributed by atoms with Crippen molar-refractivity contribution in [2.24, 2.45) is 5.73 Å². The fraction of sp³-hybridized carbons (Fsp3) is 0.583. The maximum Gasteiger partial charge on any atom is 0.128 e. The highest BCUT2D eigenvalue weighted by molar-refractivity contribution is 6.31. The van der Waals surface area contributed by atoms with Crippen LogP contribution in [0.5, 0.6) is 0 Å². The highest BCUT2D eigenvalue weighted by Crippen LogP contribution is 2.22. The Morgan fingerprint density at radius 2 is 1.94 bits per heavy atom. The Bertz CT molecular complexity index is 346. The third kappa shape index (κ3) is 2.66. The van der Waals surface area contributed by atoms with Crippen LogP contribution in [0.2, 0.25) is 5.02 Å². The molecule has 3 nitrogen and oxygen atoms in total. The van der Waals surface area contributed by atoms with Crippen LogP contribution in [-0.2, 0) is 6.54 Å². The smallest absolute Gasteiger partial charge is 0.128 e. The fourth-order valence-electron chi connectivity index (χ4n) is 2.10. The van der Waals surface area contributed by atoms with Crippen LogP contribution < -0.4 is 10.6 Å². The first kappa shape index (κ1) is 11.7. The Morgan fingerprint density at radius 1 is 1.25 bits per heavy atom. The van der Waals surface area contributed by atoms with Crippen LogP contribution in [0.3, 0.4) is 0 Å². The molecule has 4 heteroatoms. The predicted octanol–water partition coefficient (Wildman–Crippen LogP) is 2.57. The van der Waals surface area contributed by atoms with E-state index >= 15 is 0 Å². The predicted molar refractivity (Wildman–Crippen MR) is 67.8 cm³/mol. The lowest BCUT2D eigenvalue weighted by Crippen LogP contribution is -2.25.